The molecule has 1 aliphatic heterocycles. The zero-order valence-corrected chi connectivity index (χ0v) is 26.9. The Morgan fingerprint density at radius 3 is 2.39 bits per heavy atom. The number of aromatic nitrogens is 2. The Morgan fingerprint density at radius 1 is 1.27 bits per heavy atom. The normalized spacial score (nSPS) is 15.3. The molecule has 0 saturated heterocycles. The number of hydrogen-bond donors (Lipinski definition) is 0. The number of oxime groups is 1. The van der Waals surface area contributed by atoms with Crippen LogP contribution in [-0.2, 0) is 49.6 Å². The topological polar surface area (TPSA) is 112 Å². The van der Waals surface area contributed by atoms with Crippen LogP contribution in [0.3, 0.4) is 0 Å². The highest BCUT2D eigenvalue weighted by atomic mass is 35.5. The van der Waals surface area contributed by atoms with Crippen molar-refractivity contribution in [1.29, 1.82) is 0 Å². The van der Waals surface area contributed by atoms with E-state index in [0.717, 1.165) is 30.3 Å². The number of sulfone groups is 1. The van der Waals surface area contributed by atoms with Gasteiger partial charge in [-0.1, -0.05) is 30.3 Å². The first-order valence-electron chi connectivity index (χ1n) is 13.3. The van der Waals surface area contributed by atoms with E-state index in [9.17, 15) is 35.2 Å². The molecule has 248 valence electrons. The van der Waals surface area contributed by atoms with Crippen LogP contribution < -0.4 is 9.64 Å². The zero-order chi connectivity index (χ0) is 33.6. The predicted molar refractivity (Wildman–Crippen MR) is 155 cm³/mol. The number of rotatable bonds is 10. The largest absolute Gasteiger partial charge is 0.435 e. The number of hydrogen-bond acceptors (Lipinski definition) is 8. The number of anilines is 1. The van der Waals surface area contributed by atoms with Gasteiger partial charge in [0.25, 0.3) is 0 Å². The number of alkyl halides is 6. The summed E-state index contributed by atoms with van der Waals surface area (Å²) >= 11 is 5.76. The van der Waals surface area contributed by atoms with E-state index >= 15 is 0 Å². The number of halogens is 6. The van der Waals surface area contributed by atoms with E-state index in [2.05, 4.69) is 28.0 Å². The van der Waals surface area contributed by atoms with Crippen molar-refractivity contribution in [3.8, 4) is 5.88 Å². The van der Waals surface area contributed by atoms with Crippen molar-refractivity contribution >= 4 is 38.1 Å². The molecule has 2 aromatic rings. The maximum absolute atomic E-state index is 13.1. The molecular formula is C27H36ClF5N4O6S. The van der Waals surface area contributed by atoms with Crippen LogP contribution in [0.5, 0.6) is 5.88 Å². The first-order valence-corrected chi connectivity index (χ1v) is 15.5. The summed E-state index contributed by atoms with van der Waals surface area (Å²) in [5.41, 5.74) is -0.356. The van der Waals surface area contributed by atoms with Crippen LogP contribution in [0.4, 0.5) is 27.6 Å². The molecule has 1 aliphatic rings. The average Bonchev–Trinajstić information content (AvgIpc) is 3.44. The Bertz CT molecular complexity index is 1450. The van der Waals surface area contributed by atoms with Crippen LogP contribution in [0.15, 0.2) is 23.4 Å². The van der Waals surface area contributed by atoms with Crippen molar-refractivity contribution in [2.75, 3.05) is 24.5 Å². The third-order valence-electron chi connectivity index (χ3n) is 6.40. The number of ether oxygens (including phenoxy) is 2. The van der Waals surface area contributed by atoms with Crippen LogP contribution in [0.1, 0.15) is 56.5 Å². The number of methoxy groups -OCH3 is 1. The summed E-state index contributed by atoms with van der Waals surface area (Å²) in [5.74, 6) is -2.35. The van der Waals surface area contributed by atoms with E-state index in [1.807, 2.05) is 26.0 Å². The SMILES string of the molecule is CCc1cccc(C)c1N(C(=O)CCl)[C@@H](C)COC.Cn1nc(C(F)(F)F)c(CS(=O)(=O)C2=NOC(C)(C)C2)c1OC(F)F. The van der Waals surface area contributed by atoms with Gasteiger partial charge in [-0.3, -0.25) is 4.79 Å². The lowest BCUT2D eigenvalue weighted by Crippen LogP contribution is -2.43. The van der Waals surface area contributed by atoms with Gasteiger partial charge in [-0.05, 0) is 45.2 Å². The Morgan fingerprint density at radius 2 is 1.91 bits per heavy atom. The van der Waals surface area contributed by atoms with Crippen molar-refractivity contribution in [2.45, 2.75) is 77.6 Å². The van der Waals surface area contributed by atoms with Gasteiger partial charge in [0.15, 0.2) is 20.6 Å². The van der Waals surface area contributed by atoms with Crippen LogP contribution >= 0.6 is 11.6 Å². The lowest BCUT2D eigenvalue weighted by Gasteiger charge is -2.31. The Hall–Kier alpha value is -2.98. The monoisotopic (exact) mass is 674 g/mol. The number of carbonyl (C=O) groups excluding carboxylic acids is 1. The molecule has 0 N–H and O–H groups in total. The maximum atomic E-state index is 13.1. The van der Waals surface area contributed by atoms with E-state index in [1.54, 1.807) is 12.0 Å². The number of nitrogens with zero attached hydrogens (tertiary/aromatic N) is 4. The quantitative estimate of drug-likeness (QED) is 0.237. The van der Waals surface area contributed by atoms with Gasteiger partial charge in [0, 0.05) is 20.6 Å². The number of para-hydroxylation sites is 1. The second-order valence-electron chi connectivity index (χ2n) is 10.5. The summed E-state index contributed by atoms with van der Waals surface area (Å²) < 4.78 is 98.6. The highest BCUT2D eigenvalue weighted by Gasteiger charge is 2.43. The minimum absolute atomic E-state index is 0.0223. The molecule has 0 fully saturated rings. The van der Waals surface area contributed by atoms with Gasteiger partial charge in [-0.15, -0.1) is 11.6 Å². The van der Waals surface area contributed by atoms with Crippen LogP contribution in [0.2, 0.25) is 0 Å². The lowest BCUT2D eigenvalue weighted by atomic mass is 10.0. The molecule has 0 radical (unpaired) electrons. The fourth-order valence-corrected chi connectivity index (χ4v) is 6.16. The van der Waals surface area contributed by atoms with Gasteiger partial charge < -0.3 is 19.2 Å². The smallest absolute Gasteiger partial charge is 0.417 e. The van der Waals surface area contributed by atoms with Gasteiger partial charge in [0.1, 0.15) is 11.5 Å². The van der Waals surface area contributed by atoms with E-state index in [0.29, 0.717) is 11.3 Å². The molecule has 10 nitrogen and oxygen atoms in total. The Kier molecular flexibility index (Phi) is 12.6. The molecule has 1 aromatic heterocycles. The van der Waals surface area contributed by atoms with Crippen molar-refractivity contribution in [2.24, 2.45) is 12.2 Å². The summed E-state index contributed by atoms with van der Waals surface area (Å²) in [6.45, 7) is 6.18. The molecule has 1 amide bonds. The molecule has 0 unspecified atom stereocenters. The van der Waals surface area contributed by atoms with Crippen molar-refractivity contribution in [3.05, 3.63) is 40.6 Å². The molecular weight excluding hydrogens is 639 g/mol. The second-order valence-corrected chi connectivity index (χ2v) is 12.8. The first-order chi connectivity index (χ1) is 20.3. The van der Waals surface area contributed by atoms with Crippen molar-refractivity contribution in [3.63, 3.8) is 0 Å². The molecule has 0 spiro atoms. The number of benzene rings is 1. The first kappa shape index (κ1) is 37.2. The summed E-state index contributed by atoms with van der Waals surface area (Å²) in [7, 11) is -1.79. The number of carbonyl (C=O) groups is 1. The van der Waals surface area contributed by atoms with Gasteiger partial charge in [-0.25, -0.2) is 13.1 Å². The lowest BCUT2D eigenvalue weighted by molar-refractivity contribution is -0.142. The second kappa shape index (κ2) is 14.9. The minimum Gasteiger partial charge on any atom is -0.417 e. The molecule has 0 bridgehead atoms. The molecule has 0 aliphatic carbocycles. The van der Waals surface area contributed by atoms with Gasteiger partial charge >= 0.3 is 12.8 Å². The fraction of sp³-hybridized carbons (Fsp3) is 0.593. The Labute approximate surface area is 258 Å². The van der Waals surface area contributed by atoms with E-state index in [-0.39, 0.29) is 24.2 Å². The molecule has 3 rings (SSSR count). The Balaban J connectivity index is 0.000000319. The molecule has 17 heteroatoms. The van der Waals surface area contributed by atoms with Crippen LogP contribution in [-0.4, -0.2) is 67.0 Å². The number of aryl methyl sites for hydroxylation is 3. The van der Waals surface area contributed by atoms with E-state index in [1.165, 1.54) is 13.8 Å². The minimum atomic E-state index is -5.06. The molecule has 1 atom stereocenters. The molecule has 2 heterocycles. The summed E-state index contributed by atoms with van der Waals surface area (Å²) in [6, 6.07) is 6.05. The third kappa shape index (κ3) is 9.27. The van der Waals surface area contributed by atoms with Gasteiger partial charge in [0.2, 0.25) is 11.8 Å². The standard InChI is InChI=1S/C15H22ClNO2.C12H14F5N3O4S/c1-5-13-8-6-7-11(2)15(13)17(14(18)9-16)12(3)10-19-4;1-11(2)4-7(19-24-11)25(21,22)5-6-8(12(15,16)17)18-20(3)9(6)23-10(13)14/h6-8,12H,5,9-10H2,1-4H3;10H,4-5H2,1-3H3/t12-;/m0./s1. The highest BCUT2D eigenvalue weighted by Crippen LogP contribution is 2.38. The van der Waals surface area contributed by atoms with Gasteiger partial charge in [0.05, 0.1) is 29.7 Å². The van der Waals surface area contributed by atoms with Gasteiger partial charge in [-0.2, -0.15) is 27.1 Å². The fourth-order valence-electron chi connectivity index (χ4n) is 4.51. The molecule has 1 aromatic carbocycles. The average molecular weight is 675 g/mol. The maximum Gasteiger partial charge on any atom is 0.435 e. The summed E-state index contributed by atoms with van der Waals surface area (Å²) in [4.78, 5) is 18.8. The predicted octanol–water partition coefficient (Wildman–Crippen LogP) is 5.63. The zero-order valence-electron chi connectivity index (χ0n) is 25.3. The van der Waals surface area contributed by atoms with Crippen LogP contribution in [0.25, 0.3) is 0 Å². The van der Waals surface area contributed by atoms with Crippen LogP contribution in [0, 0.1) is 6.92 Å². The molecule has 44 heavy (non-hydrogen) atoms. The number of amides is 1. The van der Waals surface area contributed by atoms with Crippen molar-refractivity contribution < 1.29 is 49.5 Å². The summed E-state index contributed by atoms with van der Waals surface area (Å²) in [5, 5.41) is 5.97. The third-order valence-corrected chi connectivity index (χ3v) is 8.23. The highest BCUT2D eigenvalue weighted by molar-refractivity contribution is 8.05. The molecule has 0 saturated carbocycles. The summed E-state index contributed by atoms with van der Waals surface area (Å²) in [6.07, 6.45) is -4.34. The van der Waals surface area contributed by atoms with E-state index < -0.39 is 56.2 Å². The van der Waals surface area contributed by atoms with E-state index in [4.69, 9.17) is 21.2 Å². The van der Waals surface area contributed by atoms with Crippen molar-refractivity contribution in [1.82, 2.24) is 9.78 Å².